The first-order chi connectivity index (χ1) is 9.97. The Balaban J connectivity index is 2.25. The van der Waals surface area contributed by atoms with Crippen LogP contribution in [-0.2, 0) is 9.53 Å². The molecule has 4 atom stereocenters. The van der Waals surface area contributed by atoms with Crippen LogP contribution >= 0.6 is 11.6 Å². The van der Waals surface area contributed by atoms with Gasteiger partial charge in [0.1, 0.15) is 17.9 Å². The van der Waals surface area contributed by atoms with Crippen molar-refractivity contribution in [2.24, 2.45) is 0 Å². The number of nitrogens with zero attached hydrogens (tertiary/aromatic N) is 2. The number of amides is 1. The van der Waals surface area contributed by atoms with Crippen molar-refractivity contribution in [3.63, 3.8) is 0 Å². The lowest BCUT2D eigenvalue weighted by molar-refractivity contribution is -0.105. The zero-order valence-electron chi connectivity index (χ0n) is 10.5. The van der Waals surface area contributed by atoms with Crippen molar-refractivity contribution in [1.82, 2.24) is 9.97 Å². The van der Waals surface area contributed by atoms with E-state index in [1.807, 2.05) is 0 Å². The molecule has 0 aliphatic carbocycles. The largest absolute Gasteiger partial charge is 0.394 e. The van der Waals surface area contributed by atoms with Gasteiger partial charge in [-0.25, -0.2) is 4.39 Å². The first-order valence-electron chi connectivity index (χ1n) is 5.86. The summed E-state index contributed by atoms with van der Waals surface area (Å²) in [5.41, 5.74) is 5.57. The molecule has 0 aromatic carbocycles. The lowest BCUT2D eigenvalue weighted by Gasteiger charge is -2.18. The fourth-order valence-electron chi connectivity index (χ4n) is 1.88. The van der Waals surface area contributed by atoms with Gasteiger partial charge in [0.25, 0.3) is 0 Å². The number of hydrogen-bond donors (Lipinski definition) is 5. The Morgan fingerprint density at radius 3 is 2.81 bits per heavy atom. The summed E-state index contributed by atoms with van der Waals surface area (Å²) >= 11 is 5.65. The fourth-order valence-corrected chi connectivity index (χ4v) is 2.06. The summed E-state index contributed by atoms with van der Waals surface area (Å²) < 4.78 is 19.0. The molecule has 0 spiro atoms. The number of ether oxygens (including phenoxy) is 1. The first kappa shape index (κ1) is 15.6. The Labute approximate surface area is 123 Å². The Bertz CT molecular complexity index is 536. The van der Waals surface area contributed by atoms with Crippen molar-refractivity contribution >= 4 is 35.3 Å². The predicted molar refractivity (Wildman–Crippen MR) is 71.4 cm³/mol. The molecule has 0 saturated carbocycles. The Morgan fingerprint density at radius 2 is 2.24 bits per heavy atom. The molecule has 1 saturated heterocycles. The monoisotopic (exact) mass is 321 g/mol. The van der Waals surface area contributed by atoms with Gasteiger partial charge in [0.15, 0.2) is 24.0 Å². The van der Waals surface area contributed by atoms with Crippen LogP contribution in [0.1, 0.15) is 0 Å². The molecule has 0 bridgehead atoms. The van der Waals surface area contributed by atoms with Crippen LogP contribution in [0.4, 0.5) is 21.7 Å². The highest BCUT2D eigenvalue weighted by Crippen LogP contribution is 2.30. The molecule has 1 amide bonds. The zero-order valence-corrected chi connectivity index (χ0v) is 11.3. The second-order valence-corrected chi connectivity index (χ2v) is 4.56. The minimum absolute atomic E-state index is 0.00728. The standard InChI is InChI=1S/C10H13ClFN5O4/c11-10-15-7(13)5(14-2-19)8(17-10)16-9-4(12)6(20)3(1-18)21-9/h2-4,6,9,18,20H,1H2,(H,14,19)(H3,13,15,16,17)/t3-,4+,6-,9-/m1/s1. The smallest absolute Gasteiger partial charge is 0.226 e. The first-order valence-corrected chi connectivity index (χ1v) is 6.24. The van der Waals surface area contributed by atoms with E-state index in [0.29, 0.717) is 6.41 Å². The lowest BCUT2D eigenvalue weighted by Crippen LogP contribution is -2.33. The Hall–Kier alpha value is -1.75. The van der Waals surface area contributed by atoms with E-state index in [9.17, 15) is 14.3 Å². The van der Waals surface area contributed by atoms with Crippen LogP contribution in [0.5, 0.6) is 0 Å². The summed E-state index contributed by atoms with van der Waals surface area (Å²) in [6.07, 6.45) is -5.35. The quantitative estimate of drug-likeness (QED) is 0.347. The highest BCUT2D eigenvalue weighted by Gasteiger charge is 2.44. The average molecular weight is 322 g/mol. The Kier molecular flexibility index (Phi) is 4.73. The average Bonchev–Trinajstić information content (AvgIpc) is 2.70. The summed E-state index contributed by atoms with van der Waals surface area (Å²) in [6.45, 7) is -0.550. The number of aliphatic hydroxyl groups is 2. The molecular formula is C10H13ClFN5O4. The van der Waals surface area contributed by atoms with E-state index in [1.54, 1.807) is 0 Å². The van der Waals surface area contributed by atoms with E-state index in [-0.39, 0.29) is 22.6 Å². The van der Waals surface area contributed by atoms with Crippen LogP contribution in [-0.4, -0.2) is 57.8 Å². The summed E-state index contributed by atoms with van der Waals surface area (Å²) in [5.74, 6) is -0.199. The van der Waals surface area contributed by atoms with Gasteiger partial charge in [-0.1, -0.05) is 0 Å². The van der Waals surface area contributed by atoms with E-state index < -0.39 is 31.2 Å². The van der Waals surface area contributed by atoms with Gasteiger partial charge in [-0.05, 0) is 11.6 Å². The summed E-state index contributed by atoms with van der Waals surface area (Å²) in [6, 6.07) is 0. The van der Waals surface area contributed by atoms with Gasteiger partial charge in [0.2, 0.25) is 11.7 Å². The number of nitrogens with one attached hydrogen (secondary N) is 2. The lowest BCUT2D eigenvalue weighted by atomic mass is 10.1. The van der Waals surface area contributed by atoms with E-state index in [0.717, 1.165) is 0 Å². The van der Waals surface area contributed by atoms with Crippen molar-refractivity contribution in [3.05, 3.63) is 5.28 Å². The topological polar surface area (TPSA) is 143 Å². The number of halogens is 2. The zero-order chi connectivity index (χ0) is 15.6. The number of rotatable bonds is 5. The molecule has 1 fully saturated rings. The van der Waals surface area contributed by atoms with Crippen LogP contribution in [0.2, 0.25) is 5.28 Å². The number of hydrogen-bond acceptors (Lipinski definition) is 8. The molecule has 1 aromatic rings. The number of nitrogen functional groups attached to an aromatic ring is 1. The summed E-state index contributed by atoms with van der Waals surface area (Å²) in [5, 5.41) is 23.0. The van der Waals surface area contributed by atoms with E-state index in [4.69, 9.17) is 27.2 Å². The van der Waals surface area contributed by atoms with Gasteiger partial charge in [0, 0.05) is 0 Å². The summed E-state index contributed by atoms with van der Waals surface area (Å²) in [4.78, 5) is 18.0. The third kappa shape index (κ3) is 3.13. The van der Waals surface area contributed by atoms with Crippen molar-refractivity contribution in [2.75, 3.05) is 23.0 Å². The van der Waals surface area contributed by atoms with Gasteiger partial charge in [-0.2, -0.15) is 9.97 Å². The van der Waals surface area contributed by atoms with E-state index >= 15 is 0 Å². The molecule has 116 valence electrons. The molecule has 1 aromatic heterocycles. The van der Waals surface area contributed by atoms with E-state index in [2.05, 4.69) is 20.6 Å². The maximum absolute atomic E-state index is 13.9. The molecule has 11 heteroatoms. The maximum Gasteiger partial charge on any atom is 0.226 e. The number of nitrogens with two attached hydrogens (primary N) is 1. The van der Waals surface area contributed by atoms with Gasteiger partial charge in [0.05, 0.1) is 6.61 Å². The molecule has 0 unspecified atom stereocenters. The van der Waals surface area contributed by atoms with Crippen molar-refractivity contribution in [1.29, 1.82) is 0 Å². The normalized spacial score (nSPS) is 28.4. The molecule has 6 N–H and O–H groups in total. The molecule has 0 radical (unpaired) electrons. The number of alkyl halides is 1. The minimum Gasteiger partial charge on any atom is -0.394 e. The number of aromatic nitrogens is 2. The number of aliphatic hydroxyl groups excluding tert-OH is 2. The van der Waals surface area contributed by atoms with Crippen molar-refractivity contribution < 1.29 is 24.1 Å². The minimum atomic E-state index is -1.82. The number of anilines is 3. The van der Waals surface area contributed by atoms with Crippen LogP contribution in [0, 0.1) is 0 Å². The molecule has 1 aliphatic rings. The molecule has 9 nitrogen and oxygen atoms in total. The van der Waals surface area contributed by atoms with Crippen molar-refractivity contribution in [2.45, 2.75) is 24.6 Å². The number of carbonyl (C=O) groups is 1. The third-order valence-corrected chi connectivity index (χ3v) is 3.06. The predicted octanol–water partition coefficient (Wildman–Crippen LogP) is -0.891. The van der Waals surface area contributed by atoms with Crippen LogP contribution < -0.4 is 16.4 Å². The maximum atomic E-state index is 13.9. The van der Waals surface area contributed by atoms with Gasteiger partial charge < -0.3 is 31.3 Å². The SMILES string of the molecule is Nc1nc(Cl)nc(N[C@@H]2O[C@H](CO)[C@@H](O)[C@@H]2F)c1NC=O. The fraction of sp³-hybridized carbons (Fsp3) is 0.500. The van der Waals surface area contributed by atoms with Gasteiger partial charge >= 0.3 is 0 Å². The molecule has 2 heterocycles. The van der Waals surface area contributed by atoms with Gasteiger partial charge in [-0.3, -0.25) is 4.79 Å². The molecule has 1 aliphatic heterocycles. The molecule has 2 rings (SSSR count). The van der Waals surface area contributed by atoms with Crippen LogP contribution in [0.25, 0.3) is 0 Å². The second kappa shape index (κ2) is 6.35. The van der Waals surface area contributed by atoms with Crippen LogP contribution in [0.15, 0.2) is 0 Å². The third-order valence-electron chi connectivity index (χ3n) is 2.89. The second-order valence-electron chi connectivity index (χ2n) is 4.22. The summed E-state index contributed by atoms with van der Waals surface area (Å²) in [7, 11) is 0. The molecule has 21 heavy (non-hydrogen) atoms. The van der Waals surface area contributed by atoms with Crippen LogP contribution in [0.3, 0.4) is 0 Å². The Morgan fingerprint density at radius 1 is 1.52 bits per heavy atom. The number of carbonyl (C=O) groups excluding carboxylic acids is 1. The highest BCUT2D eigenvalue weighted by atomic mass is 35.5. The highest BCUT2D eigenvalue weighted by molar-refractivity contribution is 6.28. The van der Waals surface area contributed by atoms with E-state index in [1.165, 1.54) is 0 Å². The van der Waals surface area contributed by atoms with Crippen molar-refractivity contribution in [3.8, 4) is 0 Å². The molecular weight excluding hydrogens is 309 g/mol. The van der Waals surface area contributed by atoms with Gasteiger partial charge in [-0.15, -0.1) is 0 Å².